The first-order valence-corrected chi connectivity index (χ1v) is 7.29. The van der Waals surface area contributed by atoms with Crippen LogP contribution in [-0.2, 0) is 6.54 Å². The molecule has 2 rings (SSSR count). The van der Waals surface area contributed by atoms with Gasteiger partial charge in [-0.1, -0.05) is 12.1 Å². The van der Waals surface area contributed by atoms with E-state index in [-0.39, 0.29) is 18.3 Å². The predicted molar refractivity (Wildman–Crippen MR) is 100.0 cm³/mol. The Kier molecular flexibility index (Phi) is 6.91. The van der Waals surface area contributed by atoms with Gasteiger partial charge >= 0.3 is 0 Å². The zero-order valence-electron chi connectivity index (χ0n) is 14.0. The van der Waals surface area contributed by atoms with Gasteiger partial charge in [-0.3, -0.25) is 4.79 Å². The summed E-state index contributed by atoms with van der Waals surface area (Å²) >= 11 is 0. The third kappa shape index (κ3) is 5.18. The minimum atomic E-state index is -0.0537. The molecule has 0 aromatic heterocycles. The van der Waals surface area contributed by atoms with Gasteiger partial charge in [-0.2, -0.15) is 0 Å². The average molecular weight is 334 g/mol. The molecule has 0 aliphatic carbocycles. The summed E-state index contributed by atoms with van der Waals surface area (Å²) in [5.41, 5.74) is 3.99. The number of halogens is 1. The van der Waals surface area contributed by atoms with Crippen LogP contribution in [0.2, 0.25) is 0 Å². The van der Waals surface area contributed by atoms with Crippen LogP contribution in [0.25, 0.3) is 0 Å². The van der Waals surface area contributed by atoms with Crippen molar-refractivity contribution < 1.29 is 4.79 Å². The van der Waals surface area contributed by atoms with E-state index < -0.39 is 0 Å². The normalized spacial score (nSPS) is 9.74. The van der Waals surface area contributed by atoms with E-state index in [0.717, 1.165) is 16.9 Å². The Hall–Kier alpha value is -2.20. The minimum Gasteiger partial charge on any atom is -0.378 e. The van der Waals surface area contributed by atoms with Gasteiger partial charge in [-0.25, -0.2) is 0 Å². The third-order valence-corrected chi connectivity index (χ3v) is 3.55. The number of hydrogen-bond donors (Lipinski definition) is 1. The molecule has 0 bridgehead atoms. The molecule has 2 aromatic rings. The fraction of sp³-hybridized carbons (Fsp3) is 0.278. The molecule has 0 spiro atoms. The lowest BCUT2D eigenvalue weighted by Gasteiger charge is -2.13. The molecule has 0 unspecified atom stereocenters. The Bertz CT molecular complexity index is 622. The highest BCUT2D eigenvalue weighted by Gasteiger charge is 2.06. The SMILES string of the molecule is CN(C)c1ccc(CNC(=O)c2ccc(N(C)C)cc2)cc1.Cl. The Morgan fingerprint density at radius 1 is 0.826 bits per heavy atom. The van der Waals surface area contributed by atoms with Crippen molar-refractivity contribution >= 4 is 29.7 Å². The van der Waals surface area contributed by atoms with Crippen LogP contribution in [0.1, 0.15) is 15.9 Å². The van der Waals surface area contributed by atoms with E-state index in [1.165, 1.54) is 0 Å². The van der Waals surface area contributed by atoms with Gasteiger partial charge in [0.2, 0.25) is 0 Å². The summed E-state index contributed by atoms with van der Waals surface area (Å²) in [6.45, 7) is 0.530. The van der Waals surface area contributed by atoms with Crippen molar-refractivity contribution in [2.75, 3.05) is 38.0 Å². The van der Waals surface area contributed by atoms with E-state index in [1.54, 1.807) is 0 Å². The Labute approximate surface area is 144 Å². The predicted octanol–water partition coefficient (Wildman–Crippen LogP) is 3.17. The number of nitrogens with one attached hydrogen (secondary N) is 1. The first-order chi connectivity index (χ1) is 10.5. The Morgan fingerprint density at radius 2 is 1.26 bits per heavy atom. The highest BCUT2D eigenvalue weighted by atomic mass is 35.5. The number of benzene rings is 2. The highest BCUT2D eigenvalue weighted by molar-refractivity contribution is 5.94. The maximum atomic E-state index is 12.1. The summed E-state index contributed by atoms with van der Waals surface area (Å²) < 4.78 is 0. The monoisotopic (exact) mass is 333 g/mol. The molecule has 2 aromatic carbocycles. The van der Waals surface area contributed by atoms with Crippen molar-refractivity contribution in [1.82, 2.24) is 5.32 Å². The smallest absolute Gasteiger partial charge is 0.251 e. The van der Waals surface area contributed by atoms with Crippen LogP contribution in [0.3, 0.4) is 0 Å². The van der Waals surface area contributed by atoms with Crippen LogP contribution in [-0.4, -0.2) is 34.1 Å². The van der Waals surface area contributed by atoms with Crippen LogP contribution in [0.15, 0.2) is 48.5 Å². The van der Waals surface area contributed by atoms with E-state index in [1.807, 2.05) is 81.6 Å². The van der Waals surface area contributed by atoms with Crippen molar-refractivity contribution in [3.63, 3.8) is 0 Å². The molecule has 0 saturated carbocycles. The zero-order valence-corrected chi connectivity index (χ0v) is 14.9. The van der Waals surface area contributed by atoms with Gasteiger partial charge < -0.3 is 15.1 Å². The lowest BCUT2D eigenvalue weighted by atomic mass is 10.1. The number of carbonyl (C=O) groups excluding carboxylic acids is 1. The molecule has 0 saturated heterocycles. The van der Waals surface area contributed by atoms with Gasteiger partial charge in [0.15, 0.2) is 0 Å². The van der Waals surface area contributed by atoms with Crippen molar-refractivity contribution in [2.45, 2.75) is 6.54 Å². The fourth-order valence-electron chi connectivity index (χ4n) is 2.11. The second kappa shape index (κ2) is 8.44. The summed E-state index contributed by atoms with van der Waals surface area (Å²) in [5.74, 6) is -0.0537. The first-order valence-electron chi connectivity index (χ1n) is 7.29. The average Bonchev–Trinajstić information content (AvgIpc) is 2.53. The second-order valence-electron chi connectivity index (χ2n) is 5.68. The number of nitrogens with zero attached hydrogens (tertiary/aromatic N) is 2. The number of hydrogen-bond acceptors (Lipinski definition) is 3. The minimum absolute atomic E-state index is 0. The summed E-state index contributed by atoms with van der Waals surface area (Å²) in [7, 11) is 7.97. The third-order valence-electron chi connectivity index (χ3n) is 3.55. The molecule has 0 aliphatic heterocycles. The topological polar surface area (TPSA) is 35.6 Å². The largest absolute Gasteiger partial charge is 0.378 e. The number of anilines is 2. The molecule has 0 fully saturated rings. The molecule has 0 radical (unpaired) electrons. The zero-order chi connectivity index (χ0) is 16.1. The van der Waals surface area contributed by atoms with Crippen LogP contribution in [0.5, 0.6) is 0 Å². The number of carbonyl (C=O) groups is 1. The maximum Gasteiger partial charge on any atom is 0.251 e. The van der Waals surface area contributed by atoms with Crippen LogP contribution >= 0.6 is 12.4 Å². The molecule has 4 nitrogen and oxygen atoms in total. The summed E-state index contributed by atoms with van der Waals surface area (Å²) in [4.78, 5) is 16.2. The van der Waals surface area contributed by atoms with Crippen LogP contribution in [0.4, 0.5) is 11.4 Å². The Balaban J connectivity index is 0.00000264. The number of amides is 1. The molecular weight excluding hydrogens is 310 g/mol. The van der Waals surface area contributed by atoms with Crippen molar-refractivity contribution in [1.29, 1.82) is 0 Å². The fourth-order valence-corrected chi connectivity index (χ4v) is 2.11. The molecule has 124 valence electrons. The lowest BCUT2D eigenvalue weighted by Crippen LogP contribution is -2.22. The Morgan fingerprint density at radius 3 is 1.70 bits per heavy atom. The van der Waals surface area contributed by atoms with Crippen LogP contribution < -0.4 is 15.1 Å². The molecule has 0 aliphatic rings. The highest BCUT2D eigenvalue weighted by Crippen LogP contribution is 2.14. The quantitative estimate of drug-likeness (QED) is 0.913. The molecular formula is C18H24ClN3O. The van der Waals surface area contributed by atoms with Gasteiger partial charge in [0.1, 0.15) is 0 Å². The van der Waals surface area contributed by atoms with Crippen molar-refractivity contribution in [3.8, 4) is 0 Å². The first kappa shape index (κ1) is 18.8. The van der Waals surface area contributed by atoms with Gasteiger partial charge in [0, 0.05) is 51.7 Å². The van der Waals surface area contributed by atoms with Gasteiger partial charge in [0.05, 0.1) is 0 Å². The van der Waals surface area contributed by atoms with E-state index in [0.29, 0.717) is 12.1 Å². The number of rotatable bonds is 5. The van der Waals surface area contributed by atoms with Crippen molar-refractivity contribution in [3.05, 3.63) is 59.7 Å². The van der Waals surface area contributed by atoms with Crippen LogP contribution in [0, 0.1) is 0 Å². The molecule has 23 heavy (non-hydrogen) atoms. The van der Waals surface area contributed by atoms with E-state index in [9.17, 15) is 4.79 Å². The standard InChI is InChI=1S/C18H23N3O.ClH/c1-20(2)16-9-5-14(6-10-16)13-19-18(22)15-7-11-17(12-8-15)21(3)4;/h5-12H,13H2,1-4H3,(H,19,22);1H. The van der Waals surface area contributed by atoms with Gasteiger partial charge in [0.25, 0.3) is 5.91 Å². The van der Waals surface area contributed by atoms with E-state index >= 15 is 0 Å². The van der Waals surface area contributed by atoms with E-state index in [4.69, 9.17) is 0 Å². The second-order valence-corrected chi connectivity index (χ2v) is 5.68. The van der Waals surface area contributed by atoms with Crippen molar-refractivity contribution in [2.24, 2.45) is 0 Å². The van der Waals surface area contributed by atoms with Gasteiger partial charge in [-0.15, -0.1) is 12.4 Å². The summed E-state index contributed by atoms with van der Waals surface area (Å²) in [6.07, 6.45) is 0. The molecule has 0 atom stereocenters. The summed E-state index contributed by atoms with van der Waals surface area (Å²) in [5, 5.41) is 2.95. The molecule has 5 heteroatoms. The lowest BCUT2D eigenvalue weighted by molar-refractivity contribution is 0.0951. The van der Waals surface area contributed by atoms with Gasteiger partial charge in [-0.05, 0) is 42.0 Å². The maximum absolute atomic E-state index is 12.1. The molecule has 0 heterocycles. The molecule has 1 amide bonds. The molecule has 1 N–H and O–H groups in total. The summed E-state index contributed by atoms with van der Waals surface area (Å²) in [6, 6.07) is 15.7. The van der Waals surface area contributed by atoms with E-state index in [2.05, 4.69) is 10.2 Å².